The Labute approximate surface area is 226 Å². The van der Waals surface area contributed by atoms with Gasteiger partial charge in [-0.15, -0.1) is 11.3 Å². The lowest BCUT2D eigenvalue weighted by Crippen LogP contribution is -2.60. The predicted octanol–water partition coefficient (Wildman–Crippen LogP) is 4.94. The van der Waals surface area contributed by atoms with Gasteiger partial charge in [0.25, 0.3) is 5.91 Å². The number of ketones is 1. The van der Waals surface area contributed by atoms with Gasteiger partial charge >= 0.3 is 6.03 Å². The smallest absolute Gasteiger partial charge is 0.331 e. The summed E-state index contributed by atoms with van der Waals surface area (Å²) in [6.07, 6.45) is 0.925. The van der Waals surface area contributed by atoms with Gasteiger partial charge in [0.1, 0.15) is 32.9 Å². The number of nitrogens with zero attached hydrogens (tertiary/aromatic N) is 2. The van der Waals surface area contributed by atoms with Crippen molar-refractivity contribution in [3.05, 3.63) is 84.4 Å². The van der Waals surface area contributed by atoms with Gasteiger partial charge in [0, 0.05) is 19.3 Å². The first-order chi connectivity index (χ1) is 18.9. The van der Waals surface area contributed by atoms with Crippen molar-refractivity contribution in [2.75, 3.05) is 23.3 Å². The molecule has 1 fully saturated rings. The molecule has 6 rings (SSSR count). The number of nitrogens with one attached hydrogen (secondary N) is 3. The quantitative estimate of drug-likeness (QED) is 0.285. The molecule has 0 spiro atoms. The number of amides is 3. The number of alkyl halides is 1. The van der Waals surface area contributed by atoms with Crippen LogP contribution in [-0.4, -0.2) is 47.5 Å². The molecule has 2 aliphatic heterocycles. The van der Waals surface area contributed by atoms with E-state index in [4.69, 9.17) is 4.74 Å². The van der Waals surface area contributed by atoms with Crippen molar-refractivity contribution in [3.63, 3.8) is 0 Å². The highest BCUT2D eigenvalue weighted by atomic mass is 32.1. The topological polar surface area (TPSA) is 113 Å². The second-order valence-corrected chi connectivity index (χ2v) is 10.1. The van der Waals surface area contributed by atoms with Crippen molar-refractivity contribution < 1.29 is 23.5 Å². The molecular weight excluding hydrogens is 521 g/mol. The van der Waals surface area contributed by atoms with Gasteiger partial charge in [-0.3, -0.25) is 14.5 Å². The van der Waals surface area contributed by atoms with E-state index in [2.05, 4.69) is 27.5 Å². The van der Waals surface area contributed by atoms with E-state index in [0.29, 0.717) is 33.1 Å². The summed E-state index contributed by atoms with van der Waals surface area (Å²) in [5.74, 6) is -0.0176. The summed E-state index contributed by atoms with van der Waals surface area (Å²) in [5, 5.41) is 8.76. The van der Waals surface area contributed by atoms with Gasteiger partial charge in [-0.2, -0.15) is 0 Å². The first-order valence-electron chi connectivity index (χ1n) is 12.1. The van der Waals surface area contributed by atoms with E-state index in [9.17, 15) is 18.8 Å². The van der Waals surface area contributed by atoms with E-state index in [1.165, 1.54) is 4.90 Å². The van der Waals surface area contributed by atoms with Gasteiger partial charge < -0.3 is 20.7 Å². The number of urea groups is 1. The molecule has 2 aliphatic rings. The molecule has 1 saturated heterocycles. The van der Waals surface area contributed by atoms with E-state index in [0.717, 1.165) is 17.4 Å². The van der Waals surface area contributed by atoms with E-state index < -0.39 is 29.4 Å². The maximum absolute atomic E-state index is 14.8. The van der Waals surface area contributed by atoms with Gasteiger partial charge in [-0.05, 0) is 48.5 Å². The minimum atomic E-state index is -1.77. The van der Waals surface area contributed by atoms with E-state index in [1.807, 2.05) is 30.3 Å². The average Bonchev–Trinajstić information content (AvgIpc) is 3.51. The fourth-order valence-corrected chi connectivity index (χ4v) is 5.85. The minimum absolute atomic E-state index is 0.0708. The Bertz CT molecular complexity index is 1620. The number of benzene rings is 2. The highest BCUT2D eigenvalue weighted by Crippen LogP contribution is 2.46. The maximum atomic E-state index is 14.8. The van der Waals surface area contributed by atoms with Crippen LogP contribution in [0, 0.1) is 0 Å². The molecule has 2 aromatic carbocycles. The van der Waals surface area contributed by atoms with Crippen molar-refractivity contribution >= 4 is 56.3 Å². The molecule has 0 unspecified atom stereocenters. The van der Waals surface area contributed by atoms with Crippen LogP contribution in [0.1, 0.15) is 9.67 Å². The molecule has 9 nitrogen and oxygen atoms in total. The Balaban J connectivity index is 1.34. The SMILES string of the molecule is C=CC(=O)[C@@]1(NC(=O)c2sc3nccc4c3c2NC(=O)N4c2ccc(Oc3ccccc3)cc2)CNC[C@@H]1F. The standard InChI is InChI=1S/C28H22FN5O4S/c1-2-21(35)28(15-30-14-20(28)29)33-25(36)24-23-22-19(12-13-31-26(22)39-24)34(27(37)32-23)16-8-10-18(11-9-16)38-17-6-4-3-5-7-17/h2-13,20,30H,1,14-15H2,(H,32,37)(H,33,36)/t20-,28+/m0/s1. The Hall–Kier alpha value is -4.61. The number of aromatic nitrogens is 1. The van der Waals surface area contributed by atoms with Crippen molar-refractivity contribution in [1.82, 2.24) is 15.6 Å². The number of carbonyl (C=O) groups is 3. The van der Waals surface area contributed by atoms with Crippen LogP contribution < -0.4 is 25.6 Å². The molecule has 0 radical (unpaired) electrons. The van der Waals surface area contributed by atoms with Crippen LogP contribution in [0.3, 0.4) is 0 Å². The third-order valence-electron chi connectivity index (χ3n) is 6.75. The lowest BCUT2D eigenvalue weighted by atomic mass is 9.91. The lowest BCUT2D eigenvalue weighted by molar-refractivity contribution is -0.121. The minimum Gasteiger partial charge on any atom is -0.457 e. The zero-order valence-corrected chi connectivity index (χ0v) is 21.3. The second-order valence-electron chi connectivity index (χ2n) is 9.08. The second kappa shape index (κ2) is 9.61. The highest BCUT2D eigenvalue weighted by Gasteiger charge is 2.50. The van der Waals surface area contributed by atoms with Gasteiger partial charge in [0.15, 0.2) is 5.78 Å². The number of thiophene rings is 1. The number of rotatable bonds is 7. The van der Waals surface area contributed by atoms with Crippen LogP contribution in [0.2, 0.25) is 0 Å². The fraction of sp³-hybridized carbons (Fsp3) is 0.143. The Kier molecular flexibility index (Phi) is 6.09. The van der Waals surface area contributed by atoms with Crippen molar-refractivity contribution in [2.45, 2.75) is 11.7 Å². The molecular formula is C28H22FN5O4S. The maximum Gasteiger partial charge on any atom is 0.331 e. The summed E-state index contributed by atoms with van der Waals surface area (Å²) in [6, 6.07) is 17.6. The number of hydrogen-bond acceptors (Lipinski definition) is 7. The Morgan fingerprint density at radius 3 is 2.59 bits per heavy atom. The summed E-state index contributed by atoms with van der Waals surface area (Å²) in [6.45, 7) is 3.31. The first kappa shape index (κ1) is 24.7. The third kappa shape index (κ3) is 4.12. The molecule has 3 N–H and O–H groups in total. The number of ether oxygens (including phenoxy) is 1. The number of anilines is 3. The summed E-state index contributed by atoms with van der Waals surface area (Å²) in [5.41, 5.74) is -0.389. The molecule has 0 bridgehead atoms. The largest absolute Gasteiger partial charge is 0.457 e. The molecule has 2 atom stereocenters. The molecule has 196 valence electrons. The van der Waals surface area contributed by atoms with Crippen LogP contribution in [0.4, 0.5) is 26.2 Å². The van der Waals surface area contributed by atoms with E-state index in [1.54, 1.807) is 36.5 Å². The molecule has 4 heterocycles. The van der Waals surface area contributed by atoms with Crippen LogP contribution in [-0.2, 0) is 4.79 Å². The van der Waals surface area contributed by atoms with Crippen molar-refractivity contribution in [1.29, 1.82) is 0 Å². The Morgan fingerprint density at radius 1 is 1.15 bits per heavy atom. The highest BCUT2D eigenvalue weighted by molar-refractivity contribution is 7.21. The van der Waals surface area contributed by atoms with Gasteiger partial charge in [0.05, 0.1) is 22.4 Å². The Morgan fingerprint density at radius 2 is 1.90 bits per heavy atom. The van der Waals surface area contributed by atoms with Crippen LogP contribution >= 0.6 is 11.3 Å². The third-order valence-corrected chi connectivity index (χ3v) is 7.85. The number of halogens is 1. The van der Waals surface area contributed by atoms with E-state index >= 15 is 0 Å². The fourth-order valence-electron chi connectivity index (χ4n) is 4.84. The normalized spacial score (nSPS) is 20.0. The summed E-state index contributed by atoms with van der Waals surface area (Å²) in [4.78, 5) is 45.9. The summed E-state index contributed by atoms with van der Waals surface area (Å²) >= 11 is 1.05. The number of carbonyl (C=O) groups excluding carboxylic acids is 3. The molecule has 0 saturated carbocycles. The monoisotopic (exact) mass is 543 g/mol. The summed E-state index contributed by atoms with van der Waals surface area (Å²) < 4.78 is 20.7. The number of pyridine rings is 1. The molecule has 2 aromatic heterocycles. The zero-order chi connectivity index (χ0) is 27.1. The molecule has 3 amide bonds. The molecule has 39 heavy (non-hydrogen) atoms. The van der Waals surface area contributed by atoms with Crippen LogP contribution in [0.25, 0.3) is 10.2 Å². The van der Waals surface area contributed by atoms with Crippen molar-refractivity contribution in [3.8, 4) is 11.5 Å². The molecule has 4 aromatic rings. The number of para-hydroxylation sites is 1. The van der Waals surface area contributed by atoms with Gasteiger partial charge in [0.2, 0.25) is 0 Å². The first-order valence-corrected chi connectivity index (χ1v) is 12.9. The van der Waals surface area contributed by atoms with Crippen LogP contribution in [0.5, 0.6) is 11.5 Å². The molecule has 0 aliphatic carbocycles. The number of hydrogen-bond donors (Lipinski definition) is 3. The van der Waals surface area contributed by atoms with Crippen LogP contribution in [0.15, 0.2) is 79.5 Å². The molecule has 11 heteroatoms. The summed E-state index contributed by atoms with van der Waals surface area (Å²) in [7, 11) is 0. The van der Waals surface area contributed by atoms with Crippen molar-refractivity contribution in [2.24, 2.45) is 0 Å². The average molecular weight is 544 g/mol. The van der Waals surface area contributed by atoms with Gasteiger partial charge in [-0.25, -0.2) is 14.2 Å². The van der Waals surface area contributed by atoms with Gasteiger partial charge in [-0.1, -0.05) is 24.8 Å². The van der Waals surface area contributed by atoms with E-state index in [-0.39, 0.29) is 23.7 Å². The zero-order valence-electron chi connectivity index (χ0n) is 20.4. The lowest BCUT2D eigenvalue weighted by Gasteiger charge is -2.30. The predicted molar refractivity (Wildman–Crippen MR) is 147 cm³/mol.